The summed E-state index contributed by atoms with van der Waals surface area (Å²) in [4.78, 5) is 0. The molecule has 2 nitrogen and oxygen atoms in total. The van der Waals surface area contributed by atoms with E-state index < -0.39 is 0 Å². The smallest absolute Gasteiger partial charge is 0.0642 e. The molecule has 0 aromatic carbocycles. The Balaban J connectivity index is 1.66. The van der Waals surface area contributed by atoms with Gasteiger partial charge in [-0.2, -0.15) is 0 Å². The van der Waals surface area contributed by atoms with Crippen LogP contribution >= 0.6 is 0 Å². The largest absolute Gasteiger partial charge is 0.393 e. The molecule has 180 valence electrons. The van der Waals surface area contributed by atoms with Crippen molar-refractivity contribution in [1.29, 1.82) is 0 Å². The minimum Gasteiger partial charge on any atom is -0.393 e. The van der Waals surface area contributed by atoms with E-state index in [1.807, 2.05) is 0 Å². The zero-order valence-electron chi connectivity index (χ0n) is 22.0. The van der Waals surface area contributed by atoms with Crippen molar-refractivity contribution in [3.63, 3.8) is 0 Å². The Kier molecular flexibility index (Phi) is 4.73. The number of rotatable bonds is 0. The Bertz CT molecular complexity index is 879. The summed E-state index contributed by atoms with van der Waals surface area (Å²) in [5, 5.41) is 22.8. The molecule has 0 spiro atoms. The van der Waals surface area contributed by atoms with Crippen LogP contribution in [0.15, 0.2) is 23.3 Å². The van der Waals surface area contributed by atoms with Gasteiger partial charge in [0.05, 0.1) is 12.2 Å². The van der Waals surface area contributed by atoms with E-state index in [0.717, 1.165) is 19.3 Å². The molecule has 0 radical (unpaired) electrons. The van der Waals surface area contributed by atoms with Crippen LogP contribution in [0.3, 0.4) is 0 Å². The molecule has 0 aromatic rings. The fourth-order valence-corrected chi connectivity index (χ4v) is 9.76. The van der Waals surface area contributed by atoms with E-state index in [2.05, 4.69) is 67.5 Å². The summed E-state index contributed by atoms with van der Waals surface area (Å²) in [5.74, 6) is 0.941. The predicted molar refractivity (Wildman–Crippen MR) is 132 cm³/mol. The predicted octanol–water partition coefficient (Wildman–Crippen LogP) is 7.06. The molecule has 4 fully saturated rings. The number of allylic oxidation sites excluding steroid dienone is 3. The normalized spacial score (nSPS) is 53.7. The van der Waals surface area contributed by atoms with E-state index in [9.17, 15) is 10.2 Å². The summed E-state index contributed by atoms with van der Waals surface area (Å²) in [7, 11) is 0. The maximum absolute atomic E-state index is 12.0. The van der Waals surface area contributed by atoms with Gasteiger partial charge in [0.15, 0.2) is 0 Å². The third-order valence-corrected chi connectivity index (χ3v) is 12.5. The van der Waals surface area contributed by atoms with Crippen molar-refractivity contribution in [3.8, 4) is 0 Å². The van der Waals surface area contributed by atoms with Gasteiger partial charge < -0.3 is 10.2 Å². The van der Waals surface area contributed by atoms with E-state index in [1.54, 1.807) is 5.57 Å². The van der Waals surface area contributed by atoms with Crippen molar-refractivity contribution in [1.82, 2.24) is 0 Å². The van der Waals surface area contributed by atoms with Gasteiger partial charge in [-0.05, 0) is 84.9 Å². The standard InChI is InChI=1S/C30H48O2/c1-25(2)13-14-27(5)15-16-29(7)19(20(27)18-25)9-10-21-28(6)12-11-23(31)26(3,4)22(28)17-24(32)30(21,29)8/h9-10,20,22-24,31-32H,11-18H2,1-8H3/t20-,22-,23-,24+,27+,28+,29+,30-/m0/s1. The highest BCUT2D eigenvalue weighted by Crippen LogP contribution is 2.74. The molecule has 5 aliphatic rings. The molecular formula is C30H48O2. The molecule has 2 heteroatoms. The lowest BCUT2D eigenvalue weighted by atomic mass is 9.35. The van der Waals surface area contributed by atoms with E-state index >= 15 is 0 Å². The van der Waals surface area contributed by atoms with Crippen molar-refractivity contribution < 1.29 is 10.2 Å². The first-order valence-corrected chi connectivity index (χ1v) is 13.4. The third kappa shape index (κ3) is 2.66. The third-order valence-electron chi connectivity index (χ3n) is 12.5. The summed E-state index contributed by atoms with van der Waals surface area (Å²) in [5.41, 5.74) is 3.62. The van der Waals surface area contributed by atoms with Gasteiger partial charge in [0, 0.05) is 10.8 Å². The second kappa shape index (κ2) is 6.54. The molecular weight excluding hydrogens is 392 g/mol. The fourth-order valence-electron chi connectivity index (χ4n) is 9.76. The minimum atomic E-state index is -0.356. The molecule has 0 bridgehead atoms. The van der Waals surface area contributed by atoms with Crippen molar-refractivity contribution in [2.75, 3.05) is 0 Å². The summed E-state index contributed by atoms with van der Waals surface area (Å²) < 4.78 is 0. The van der Waals surface area contributed by atoms with Crippen LogP contribution in [0.5, 0.6) is 0 Å². The maximum Gasteiger partial charge on any atom is 0.0642 e. The van der Waals surface area contributed by atoms with E-state index in [0.29, 0.717) is 22.7 Å². The molecule has 4 saturated carbocycles. The lowest BCUT2D eigenvalue weighted by Gasteiger charge is -2.69. The van der Waals surface area contributed by atoms with Gasteiger partial charge in [-0.15, -0.1) is 0 Å². The van der Waals surface area contributed by atoms with Crippen molar-refractivity contribution in [2.24, 2.45) is 44.3 Å². The van der Waals surface area contributed by atoms with Crippen LogP contribution in [0.4, 0.5) is 0 Å². The van der Waals surface area contributed by atoms with E-state index in [4.69, 9.17) is 0 Å². The maximum atomic E-state index is 12.0. The minimum absolute atomic E-state index is 0.0162. The Morgan fingerprint density at radius 1 is 0.781 bits per heavy atom. The van der Waals surface area contributed by atoms with Crippen LogP contribution in [0.2, 0.25) is 0 Å². The first kappa shape index (κ1) is 23.2. The molecule has 8 atom stereocenters. The monoisotopic (exact) mass is 440 g/mol. The van der Waals surface area contributed by atoms with Crippen molar-refractivity contribution >= 4 is 0 Å². The highest BCUT2D eigenvalue weighted by atomic mass is 16.3. The number of aliphatic hydroxyl groups is 2. The van der Waals surface area contributed by atoms with Gasteiger partial charge in [-0.25, -0.2) is 0 Å². The summed E-state index contributed by atoms with van der Waals surface area (Å²) >= 11 is 0. The molecule has 0 aromatic heterocycles. The highest BCUT2D eigenvalue weighted by Gasteiger charge is 2.68. The van der Waals surface area contributed by atoms with Crippen LogP contribution in [0.1, 0.15) is 107 Å². The molecule has 5 rings (SSSR count). The van der Waals surface area contributed by atoms with Crippen LogP contribution in [-0.2, 0) is 0 Å². The summed E-state index contributed by atoms with van der Waals surface area (Å²) in [6.07, 6.45) is 13.5. The fraction of sp³-hybridized carbons (Fsp3) is 0.867. The zero-order valence-corrected chi connectivity index (χ0v) is 22.0. The van der Waals surface area contributed by atoms with Gasteiger partial charge in [0.1, 0.15) is 0 Å². The molecule has 32 heavy (non-hydrogen) atoms. The topological polar surface area (TPSA) is 40.5 Å². The molecule has 0 amide bonds. The molecule has 0 heterocycles. The average Bonchev–Trinajstić information content (AvgIpc) is 2.70. The van der Waals surface area contributed by atoms with Gasteiger partial charge in [0.25, 0.3) is 0 Å². The van der Waals surface area contributed by atoms with Crippen LogP contribution in [0.25, 0.3) is 0 Å². The van der Waals surface area contributed by atoms with Crippen LogP contribution < -0.4 is 0 Å². The highest BCUT2D eigenvalue weighted by molar-refractivity contribution is 5.46. The van der Waals surface area contributed by atoms with Crippen molar-refractivity contribution in [3.05, 3.63) is 23.3 Å². The number of fused-ring (bicyclic) bond motifs is 7. The SMILES string of the molecule is CC1(C)CC[C@]2(C)CC[C@]3(C)C(=CC=C4[C@@]3(C)[C@H](O)C[C@H]3C(C)(C)[C@@H](O)CC[C@]43C)[C@@H]2C1. The molecule has 0 aliphatic heterocycles. The van der Waals surface area contributed by atoms with Gasteiger partial charge in [0.2, 0.25) is 0 Å². The summed E-state index contributed by atoms with van der Waals surface area (Å²) in [6.45, 7) is 19.3. The van der Waals surface area contributed by atoms with Crippen molar-refractivity contribution in [2.45, 2.75) is 119 Å². The zero-order chi connectivity index (χ0) is 23.5. The molecule has 0 unspecified atom stereocenters. The first-order chi connectivity index (χ1) is 14.6. The van der Waals surface area contributed by atoms with E-state index in [1.165, 1.54) is 37.7 Å². The van der Waals surface area contributed by atoms with E-state index in [-0.39, 0.29) is 33.9 Å². The lowest BCUT2D eigenvalue weighted by Crippen LogP contribution is -2.65. The molecule has 0 saturated heterocycles. The quantitative estimate of drug-likeness (QED) is 0.423. The number of hydrogen-bond donors (Lipinski definition) is 2. The van der Waals surface area contributed by atoms with Gasteiger partial charge >= 0.3 is 0 Å². The Labute approximate surface area is 197 Å². The average molecular weight is 441 g/mol. The first-order valence-electron chi connectivity index (χ1n) is 13.4. The second-order valence-electron chi connectivity index (χ2n) is 14.9. The van der Waals surface area contributed by atoms with Crippen LogP contribution in [0, 0.1) is 44.3 Å². The van der Waals surface area contributed by atoms with Crippen LogP contribution in [-0.4, -0.2) is 22.4 Å². The van der Waals surface area contributed by atoms with Gasteiger partial charge in [-0.3, -0.25) is 0 Å². The lowest BCUT2D eigenvalue weighted by molar-refractivity contribution is -0.166. The molecule has 2 N–H and O–H groups in total. The number of hydrogen-bond acceptors (Lipinski definition) is 2. The Morgan fingerprint density at radius 2 is 1.44 bits per heavy atom. The molecule has 5 aliphatic carbocycles. The van der Waals surface area contributed by atoms with Gasteiger partial charge in [-0.1, -0.05) is 78.7 Å². The second-order valence-corrected chi connectivity index (χ2v) is 14.9. The summed E-state index contributed by atoms with van der Waals surface area (Å²) in [6, 6.07) is 0. The Morgan fingerprint density at radius 3 is 2.12 bits per heavy atom. The Hall–Kier alpha value is -0.600. The number of aliphatic hydroxyl groups excluding tert-OH is 2.